The van der Waals surface area contributed by atoms with Crippen molar-refractivity contribution < 1.29 is 5.11 Å². The van der Waals surface area contributed by atoms with Crippen molar-refractivity contribution in [2.75, 3.05) is 0 Å². The van der Waals surface area contributed by atoms with E-state index in [0.29, 0.717) is 6.42 Å². The minimum absolute atomic E-state index is 0.457. The largest absolute Gasteiger partial charge is 0.386 e. The van der Waals surface area contributed by atoms with Crippen molar-refractivity contribution in [1.82, 2.24) is 9.78 Å². The third-order valence-electron chi connectivity index (χ3n) is 2.84. The minimum Gasteiger partial charge on any atom is -0.386 e. The molecule has 0 aromatic carbocycles. The Kier molecular flexibility index (Phi) is 3.97. The molecular formula is C13H18N2OS. The van der Waals surface area contributed by atoms with Crippen LogP contribution in [0.1, 0.15) is 36.2 Å². The molecular weight excluding hydrogens is 232 g/mol. The second kappa shape index (κ2) is 5.47. The summed E-state index contributed by atoms with van der Waals surface area (Å²) in [7, 11) is 0. The van der Waals surface area contributed by atoms with Gasteiger partial charge >= 0.3 is 0 Å². The van der Waals surface area contributed by atoms with Gasteiger partial charge in [0.25, 0.3) is 0 Å². The fourth-order valence-electron chi connectivity index (χ4n) is 1.90. The quantitative estimate of drug-likeness (QED) is 0.886. The lowest BCUT2D eigenvalue weighted by atomic mass is 10.1. The molecule has 0 aliphatic rings. The Labute approximate surface area is 106 Å². The number of aliphatic hydroxyl groups is 1. The van der Waals surface area contributed by atoms with Crippen molar-refractivity contribution in [3.8, 4) is 0 Å². The first-order valence-electron chi connectivity index (χ1n) is 6.01. The number of aliphatic hydroxyl groups excluding tert-OH is 1. The maximum Gasteiger partial charge on any atom is 0.100 e. The summed E-state index contributed by atoms with van der Waals surface area (Å²) in [6.07, 6.45) is 1.12. The molecule has 0 bridgehead atoms. The van der Waals surface area contributed by atoms with Crippen LogP contribution >= 0.6 is 11.3 Å². The number of aryl methyl sites for hydroxylation is 2. The lowest BCUT2D eigenvalue weighted by molar-refractivity contribution is 0.168. The predicted octanol–water partition coefficient (Wildman–Crippen LogP) is 2.80. The summed E-state index contributed by atoms with van der Waals surface area (Å²) in [5, 5.41) is 16.8. The molecule has 0 aliphatic heterocycles. The third-order valence-corrected chi connectivity index (χ3v) is 3.74. The maximum atomic E-state index is 10.3. The highest BCUT2D eigenvalue weighted by Gasteiger charge is 2.15. The lowest BCUT2D eigenvalue weighted by Gasteiger charge is -2.10. The van der Waals surface area contributed by atoms with E-state index in [1.165, 1.54) is 4.88 Å². The Morgan fingerprint density at radius 3 is 2.88 bits per heavy atom. The zero-order valence-electron chi connectivity index (χ0n) is 10.3. The molecule has 2 heterocycles. The topological polar surface area (TPSA) is 38.0 Å². The van der Waals surface area contributed by atoms with Crippen molar-refractivity contribution in [3.05, 3.63) is 39.8 Å². The van der Waals surface area contributed by atoms with Crippen LogP contribution in [0.2, 0.25) is 0 Å². The van der Waals surface area contributed by atoms with Gasteiger partial charge in [0.15, 0.2) is 0 Å². The van der Waals surface area contributed by atoms with Crippen molar-refractivity contribution in [3.63, 3.8) is 0 Å². The molecule has 3 nitrogen and oxygen atoms in total. The van der Waals surface area contributed by atoms with Gasteiger partial charge in [-0.25, -0.2) is 0 Å². The SMILES string of the molecule is CCc1cc(C(O)Cc2cccs2)n(CC)n1. The predicted molar refractivity (Wildman–Crippen MR) is 70.3 cm³/mol. The third kappa shape index (κ3) is 2.76. The van der Waals surface area contributed by atoms with Gasteiger partial charge in [-0.1, -0.05) is 13.0 Å². The van der Waals surface area contributed by atoms with Crippen LogP contribution in [0.4, 0.5) is 0 Å². The Hall–Kier alpha value is -1.13. The van der Waals surface area contributed by atoms with Gasteiger partial charge in [0, 0.05) is 17.8 Å². The summed E-state index contributed by atoms with van der Waals surface area (Å²) in [4.78, 5) is 1.21. The smallest absolute Gasteiger partial charge is 0.100 e. The van der Waals surface area contributed by atoms with E-state index in [4.69, 9.17) is 0 Å². The number of thiophene rings is 1. The van der Waals surface area contributed by atoms with Gasteiger partial charge in [0.2, 0.25) is 0 Å². The second-order valence-corrected chi connectivity index (χ2v) is 5.06. The van der Waals surface area contributed by atoms with Gasteiger partial charge in [0.1, 0.15) is 6.10 Å². The van der Waals surface area contributed by atoms with E-state index in [9.17, 15) is 5.11 Å². The molecule has 92 valence electrons. The van der Waals surface area contributed by atoms with E-state index < -0.39 is 6.10 Å². The Morgan fingerprint density at radius 1 is 1.47 bits per heavy atom. The Morgan fingerprint density at radius 2 is 2.29 bits per heavy atom. The van der Waals surface area contributed by atoms with E-state index in [-0.39, 0.29) is 0 Å². The van der Waals surface area contributed by atoms with Gasteiger partial charge in [-0.15, -0.1) is 11.3 Å². The fourth-order valence-corrected chi connectivity index (χ4v) is 2.65. The molecule has 0 aliphatic carbocycles. The van der Waals surface area contributed by atoms with E-state index >= 15 is 0 Å². The molecule has 2 rings (SSSR count). The summed E-state index contributed by atoms with van der Waals surface area (Å²) in [6, 6.07) is 6.09. The van der Waals surface area contributed by atoms with Crippen LogP contribution in [-0.4, -0.2) is 14.9 Å². The van der Waals surface area contributed by atoms with E-state index in [0.717, 1.165) is 24.4 Å². The number of aromatic nitrogens is 2. The van der Waals surface area contributed by atoms with E-state index in [2.05, 4.69) is 18.1 Å². The molecule has 1 unspecified atom stereocenters. The summed E-state index contributed by atoms with van der Waals surface area (Å²) in [5.74, 6) is 0. The molecule has 2 aromatic heterocycles. The minimum atomic E-state index is -0.457. The lowest BCUT2D eigenvalue weighted by Crippen LogP contribution is -2.09. The molecule has 0 saturated heterocycles. The molecule has 0 radical (unpaired) electrons. The van der Waals surface area contributed by atoms with Crippen LogP contribution in [0.25, 0.3) is 0 Å². The van der Waals surface area contributed by atoms with Crippen LogP contribution in [0.5, 0.6) is 0 Å². The maximum absolute atomic E-state index is 10.3. The standard InChI is InChI=1S/C13H18N2OS/c1-3-10-8-12(15(4-2)14-10)13(16)9-11-6-5-7-17-11/h5-8,13,16H,3-4,9H2,1-2H3. The number of hydrogen-bond donors (Lipinski definition) is 1. The molecule has 4 heteroatoms. The summed E-state index contributed by atoms with van der Waals surface area (Å²) < 4.78 is 1.90. The summed E-state index contributed by atoms with van der Waals surface area (Å²) in [6.45, 7) is 4.93. The highest BCUT2D eigenvalue weighted by atomic mass is 32.1. The highest BCUT2D eigenvalue weighted by molar-refractivity contribution is 7.09. The van der Waals surface area contributed by atoms with Crippen LogP contribution in [0.3, 0.4) is 0 Å². The van der Waals surface area contributed by atoms with E-state index in [1.54, 1.807) is 11.3 Å². The van der Waals surface area contributed by atoms with Crippen molar-refractivity contribution >= 4 is 11.3 Å². The zero-order valence-corrected chi connectivity index (χ0v) is 11.1. The molecule has 1 atom stereocenters. The molecule has 0 fully saturated rings. The van der Waals surface area contributed by atoms with Gasteiger partial charge in [0.05, 0.1) is 11.4 Å². The van der Waals surface area contributed by atoms with Gasteiger partial charge in [-0.3, -0.25) is 4.68 Å². The average molecular weight is 250 g/mol. The first-order valence-corrected chi connectivity index (χ1v) is 6.89. The van der Waals surface area contributed by atoms with Crippen LogP contribution in [0, 0.1) is 0 Å². The monoisotopic (exact) mass is 250 g/mol. The number of rotatable bonds is 5. The zero-order chi connectivity index (χ0) is 12.3. The van der Waals surface area contributed by atoms with Crippen LogP contribution in [0.15, 0.2) is 23.6 Å². The molecule has 17 heavy (non-hydrogen) atoms. The Balaban J connectivity index is 2.17. The summed E-state index contributed by atoms with van der Waals surface area (Å²) >= 11 is 1.68. The van der Waals surface area contributed by atoms with Crippen molar-refractivity contribution in [2.24, 2.45) is 0 Å². The highest BCUT2D eigenvalue weighted by Crippen LogP contribution is 2.22. The van der Waals surface area contributed by atoms with Crippen molar-refractivity contribution in [2.45, 2.75) is 39.3 Å². The second-order valence-electron chi connectivity index (χ2n) is 4.03. The Bertz CT molecular complexity index is 462. The van der Waals surface area contributed by atoms with Crippen LogP contribution in [-0.2, 0) is 19.4 Å². The van der Waals surface area contributed by atoms with Gasteiger partial charge in [-0.05, 0) is 30.9 Å². The molecule has 0 amide bonds. The molecule has 2 aromatic rings. The van der Waals surface area contributed by atoms with E-state index in [1.807, 2.05) is 29.1 Å². The van der Waals surface area contributed by atoms with Gasteiger partial charge < -0.3 is 5.11 Å². The summed E-state index contributed by atoms with van der Waals surface area (Å²) in [5.41, 5.74) is 1.98. The first-order chi connectivity index (χ1) is 8.24. The first kappa shape index (κ1) is 12.3. The normalized spacial score (nSPS) is 12.9. The van der Waals surface area contributed by atoms with Crippen molar-refractivity contribution in [1.29, 1.82) is 0 Å². The average Bonchev–Trinajstić information content (AvgIpc) is 2.96. The number of nitrogens with zero attached hydrogens (tertiary/aromatic N) is 2. The number of hydrogen-bond acceptors (Lipinski definition) is 3. The fraction of sp³-hybridized carbons (Fsp3) is 0.462. The molecule has 0 saturated carbocycles. The molecule has 0 spiro atoms. The van der Waals surface area contributed by atoms with Gasteiger partial charge in [-0.2, -0.15) is 5.10 Å². The van der Waals surface area contributed by atoms with Crippen LogP contribution < -0.4 is 0 Å². The molecule has 1 N–H and O–H groups in total.